The van der Waals surface area contributed by atoms with Crippen LogP contribution >= 0.6 is 0 Å². The highest BCUT2D eigenvalue weighted by atomic mass is 19.1. The lowest BCUT2D eigenvalue weighted by Gasteiger charge is -2.34. The number of carbonyl (C=O) groups is 1. The molecule has 0 saturated heterocycles. The number of nitriles is 1. The van der Waals surface area contributed by atoms with Crippen molar-refractivity contribution in [2.75, 3.05) is 0 Å². The Bertz CT molecular complexity index is 1160. The summed E-state index contributed by atoms with van der Waals surface area (Å²) >= 11 is 0. The third-order valence-electron chi connectivity index (χ3n) is 5.42. The van der Waals surface area contributed by atoms with Gasteiger partial charge in [0.1, 0.15) is 23.2 Å². The predicted molar refractivity (Wildman–Crippen MR) is 104 cm³/mol. The molecule has 2 aromatic rings. The summed E-state index contributed by atoms with van der Waals surface area (Å²) in [4.78, 5) is 23.8. The molecular formula is C22H16FN3O4. The maximum absolute atomic E-state index is 13.3. The fourth-order valence-corrected chi connectivity index (χ4v) is 4.03. The molecule has 0 radical (unpaired) electrons. The lowest BCUT2D eigenvalue weighted by atomic mass is 9.73. The lowest BCUT2D eigenvalue weighted by Crippen LogP contribution is -2.29. The molecule has 1 aliphatic heterocycles. The van der Waals surface area contributed by atoms with Crippen LogP contribution in [0.15, 0.2) is 71.3 Å². The fourth-order valence-electron chi connectivity index (χ4n) is 4.03. The van der Waals surface area contributed by atoms with Gasteiger partial charge >= 0.3 is 0 Å². The zero-order valence-electron chi connectivity index (χ0n) is 15.7. The van der Waals surface area contributed by atoms with E-state index in [0.29, 0.717) is 23.3 Å². The van der Waals surface area contributed by atoms with Crippen molar-refractivity contribution in [1.29, 1.82) is 5.26 Å². The Morgan fingerprint density at radius 1 is 1.17 bits per heavy atom. The summed E-state index contributed by atoms with van der Waals surface area (Å²) < 4.78 is 18.9. The van der Waals surface area contributed by atoms with E-state index < -0.39 is 10.8 Å². The van der Waals surface area contributed by atoms with Crippen LogP contribution in [-0.4, -0.2) is 10.7 Å². The minimum Gasteiger partial charge on any atom is -0.444 e. The normalized spacial score (nSPS) is 21.0. The molecule has 150 valence electrons. The predicted octanol–water partition coefficient (Wildman–Crippen LogP) is 3.94. The van der Waals surface area contributed by atoms with Gasteiger partial charge in [-0.15, -0.1) is 0 Å². The molecule has 0 spiro atoms. The SMILES string of the molecule is N#CC1=C(N)OC2=C(C(=O)C[C@@H](c3ccc(F)cc3)C2)[C@H]1c1cccc([N+](=O)[O-])c1. The largest absolute Gasteiger partial charge is 0.444 e. The second kappa shape index (κ2) is 7.44. The monoisotopic (exact) mass is 405 g/mol. The molecule has 2 aromatic carbocycles. The van der Waals surface area contributed by atoms with Gasteiger partial charge in [-0.3, -0.25) is 14.9 Å². The molecule has 2 N–H and O–H groups in total. The van der Waals surface area contributed by atoms with Crippen LogP contribution in [0.5, 0.6) is 0 Å². The quantitative estimate of drug-likeness (QED) is 0.610. The number of hydrogen-bond donors (Lipinski definition) is 1. The summed E-state index contributed by atoms with van der Waals surface area (Å²) in [6, 6.07) is 13.7. The third-order valence-corrected chi connectivity index (χ3v) is 5.42. The first-order valence-electron chi connectivity index (χ1n) is 9.22. The number of carbonyl (C=O) groups excluding carboxylic acids is 1. The van der Waals surface area contributed by atoms with E-state index in [0.717, 1.165) is 5.56 Å². The van der Waals surface area contributed by atoms with Gasteiger partial charge in [0.05, 0.1) is 10.8 Å². The third kappa shape index (κ3) is 3.31. The minimum atomic E-state index is -0.833. The van der Waals surface area contributed by atoms with Crippen molar-refractivity contribution >= 4 is 11.5 Å². The number of ketones is 1. The number of non-ortho nitro benzene ring substituents is 1. The molecule has 4 rings (SSSR count). The maximum Gasteiger partial charge on any atom is 0.269 e. The molecule has 0 saturated carbocycles. The van der Waals surface area contributed by atoms with Crippen molar-refractivity contribution in [3.8, 4) is 6.07 Å². The molecule has 2 aliphatic rings. The molecule has 0 fully saturated rings. The van der Waals surface area contributed by atoms with Crippen molar-refractivity contribution < 1.29 is 18.8 Å². The highest BCUT2D eigenvalue weighted by Gasteiger charge is 2.41. The number of benzene rings is 2. The molecular weight excluding hydrogens is 389 g/mol. The Labute approximate surface area is 171 Å². The highest BCUT2D eigenvalue weighted by molar-refractivity contribution is 6.00. The number of halogens is 1. The van der Waals surface area contributed by atoms with Gasteiger partial charge in [-0.25, -0.2) is 4.39 Å². The maximum atomic E-state index is 13.3. The van der Waals surface area contributed by atoms with Crippen LogP contribution in [-0.2, 0) is 9.53 Å². The smallest absolute Gasteiger partial charge is 0.269 e. The van der Waals surface area contributed by atoms with Crippen molar-refractivity contribution in [2.45, 2.75) is 24.7 Å². The van der Waals surface area contributed by atoms with Gasteiger partial charge in [0, 0.05) is 30.5 Å². The Balaban J connectivity index is 1.79. The molecule has 0 bridgehead atoms. The van der Waals surface area contributed by atoms with Crippen molar-refractivity contribution in [2.24, 2.45) is 5.73 Å². The Morgan fingerprint density at radius 2 is 1.90 bits per heavy atom. The van der Waals surface area contributed by atoms with Gasteiger partial charge < -0.3 is 10.5 Å². The fraction of sp³-hybridized carbons (Fsp3) is 0.182. The molecule has 30 heavy (non-hydrogen) atoms. The van der Waals surface area contributed by atoms with E-state index in [-0.39, 0.29) is 41.1 Å². The zero-order valence-corrected chi connectivity index (χ0v) is 15.7. The van der Waals surface area contributed by atoms with Crippen LogP contribution in [0.25, 0.3) is 0 Å². The molecule has 7 nitrogen and oxygen atoms in total. The van der Waals surface area contributed by atoms with E-state index in [2.05, 4.69) is 0 Å². The molecule has 0 amide bonds. The molecule has 0 unspecified atom stereocenters. The van der Waals surface area contributed by atoms with Crippen LogP contribution in [0.3, 0.4) is 0 Å². The number of nitro groups is 1. The van der Waals surface area contributed by atoms with Crippen molar-refractivity contribution in [3.05, 3.63) is 98.4 Å². The minimum absolute atomic E-state index is 0.0443. The number of ether oxygens (including phenoxy) is 1. The highest BCUT2D eigenvalue weighted by Crippen LogP contribution is 2.47. The summed E-state index contributed by atoms with van der Waals surface area (Å²) in [7, 11) is 0. The van der Waals surface area contributed by atoms with E-state index >= 15 is 0 Å². The summed E-state index contributed by atoms with van der Waals surface area (Å²) in [5, 5.41) is 20.8. The summed E-state index contributed by atoms with van der Waals surface area (Å²) in [5.41, 5.74) is 7.38. The van der Waals surface area contributed by atoms with Crippen molar-refractivity contribution in [3.63, 3.8) is 0 Å². The van der Waals surface area contributed by atoms with E-state index in [1.807, 2.05) is 6.07 Å². The topological polar surface area (TPSA) is 119 Å². The first kappa shape index (κ1) is 19.3. The van der Waals surface area contributed by atoms with Crippen LogP contribution in [0, 0.1) is 27.3 Å². The standard InChI is InChI=1S/C22H16FN3O4/c23-15-6-4-12(5-7-15)14-9-18(27)21-19(10-14)30-22(25)17(11-24)20(21)13-2-1-3-16(8-13)26(28)29/h1-8,14,20H,9-10,25H2/t14-,20+/m1/s1. The van der Waals surface area contributed by atoms with E-state index in [1.54, 1.807) is 18.2 Å². The summed E-state index contributed by atoms with van der Waals surface area (Å²) in [5.74, 6) is -1.44. The van der Waals surface area contributed by atoms with Crippen LogP contribution in [0.1, 0.15) is 35.8 Å². The first-order chi connectivity index (χ1) is 14.4. The average Bonchev–Trinajstić information content (AvgIpc) is 2.73. The Hall–Kier alpha value is -3.99. The number of Topliss-reactive ketones (excluding diaryl/α,β-unsaturated/α-hetero) is 1. The number of nitro benzene ring substituents is 1. The van der Waals surface area contributed by atoms with E-state index in [1.165, 1.54) is 30.3 Å². The number of nitrogens with zero attached hydrogens (tertiary/aromatic N) is 2. The van der Waals surface area contributed by atoms with E-state index in [9.17, 15) is 24.6 Å². The average molecular weight is 405 g/mol. The van der Waals surface area contributed by atoms with Gasteiger partial charge in [0.15, 0.2) is 5.78 Å². The summed E-state index contributed by atoms with van der Waals surface area (Å²) in [6.07, 6.45) is 0.495. The van der Waals surface area contributed by atoms with Crippen LogP contribution < -0.4 is 5.73 Å². The lowest BCUT2D eigenvalue weighted by molar-refractivity contribution is -0.384. The van der Waals surface area contributed by atoms with Gasteiger partial charge in [-0.05, 0) is 29.2 Å². The van der Waals surface area contributed by atoms with Gasteiger partial charge in [-0.2, -0.15) is 5.26 Å². The molecule has 8 heteroatoms. The number of allylic oxidation sites excluding steroid dienone is 3. The van der Waals surface area contributed by atoms with Gasteiger partial charge in [0.25, 0.3) is 5.69 Å². The first-order valence-corrected chi connectivity index (χ1v) is 9.22. The summed E-state index contributed by atoms with van der Waals surface area (Å²) in [6.45, 7) is 0. The number of nitrogens with two attached hydrogens (primary N) is 1. The van der Waals surface area contributed by atoms with Gasteiger partial charge in [0.2, 0.25) is 5.88 Å². The van der Waals surface area contributed by atoms with Crippen molar-refractivity contribution in [1.82, 2.24) is 0 Å². The number of rotatable bonds is 3. The Morgan fingerprint density at radius 3 is 2.57 bits per heavy atom. The molecule has 1 aliphatic carbocycles. The molecule has 1 heterocycles. The molecule has 0 aromatic heterocycles. The molecule has 2 atom stereocenters. The second-order valence-corrected chi connectivity index (χ2v) is 7.19. The zero-order chi connectivity index (χ0) is 21.4. The van der Waals surface area contributed by atoms with E-state index in [4.69, 9.17) is 10.5 Å². The second-order valence-electron chi connectivity index (χ2n) is 7.19. The van der Waals surface area contributed by atoms with Crippen LogP contribution in [0.4, 0.5) is 10.1 Å². The van der Waals surface area contributed by atoms with Gasteiger partial charge in [-0.1, -0.05) is 24.3 Å². The van der Waals surface area contributed by atoms with Crippen LogP contribution in [0.2, 0.25) is 0 Å². The Kier molecular flexibility index (Phi) is 4.80. The number of hydrogen-bond acceptors (Lipinski definition) is 6.